The summed E-state index contributed by atoms with van der Waals surface area (Å²) in [7, 11) is 0. The normalized spacial score (nSPS) is 31.5. The summed E-state index contributed by atoms with van der Waals surface area (Å²) in [6, 6.07) is 0. The molecule has 0 saturated carbocycles. The lowest BCUT2D eigenvalue weighted by molar-refractivity contribution is -0.133. The fraction of sp³-hybridized carbons (Fsp3) is 0.500. The highest BCUT2D eigenvalue weighted by Gasteiger charge is 2.18. The molecule has 0 aliphatic carbocycles. The lowest BCUT2D eigenvalue weighted by atomic mass is 10.3. The molecule has 2 heteroatoms. The summed E-state index contributed by atoms with van der Waals surface area (Å²) < 4.78 is 4.50. The molecule has 0 bridgehead atoms. The van der Waals surface area contributed by atoms with Crippen LogP contribution in [0.3, 0.4) is 0 Å². The topological polar surface area (TPSA) is 29.5 Å². The first-order valence-electron chi connectivity index (χ1n) is 1.81. The molecule has 0 aromatic carbocycles. The van der Waals surface area contributed by atoms with Crippen molar-refractivity contribution in [1.29, 1.82) is 0 Å². The van der Waals surface area contributed by atoms with Crippen LogP contribution >= 0.6 is 0 Å². The molecule has 1 heterocycles. The van der Waals surface area contributed by atoms with Gasteiger partial charge in [0.1, 0.15) is 0 Å². The van der Waals surface area contributed by atoms with Crippen molar-refractivity contribution in [2.24, 2.45) is 0 Å². The largest absolute Gasteiger partial charge is 0.469 e. The van der Waals surface area contributed by atoms with E-state index in [2.05, 4.69) is 11.3 Å². The number of aliphatic hydroxyl groups excluding tert-OH is 1. The second-order valence-corrected chi connectivity index (χ2v) is 1.32. The van der Waals surface area contributed by atoms with Crippen molar-refractivity contribution in [3.05, 3.63) is 12.3 Å². The maximum absolute atomic E-state index is 8.34. The van der Waals surface area contributed by atoms with Crippen molar-refractivity contribution < 1.29 is 9.84 Å². The van der Waals surface area contributed by atoms with Crippen LogP contribution in [-0.4, -0.2) is 11.4 Å². The third kappa shape index (κ3) is 0.389. The lowest BCUT2D eigenvalue weighted by Gasteiger charge is -2.23. The molecule has 0 aromatic rings. The Balaban J connectivity index is 2.28. The minimum absolute atomic E-state index is 0.558. The quantitative estimate of drug-likeness (QED) is 0.457. The van der Waals surface area contributed by atoms with Gasteiger partial charge in [-0.3, -0.25) is 0 Å². The zero-order valence-electron chi connectivity index (χ0n) is 3.35. The van der Waals surface area contributed by atoms with Gasteiger partial charge in [0.15, 0.2) is 0 Å². The highest BCUT2D eigenvalue weighted by molar-refractivity contribution is 4.91. The Morgan fingerprint density at radius 3 is 2.50 bits per heavy atom. The van der Waals surface area contributed by atoms with E-state index in [9.17, 15) is 0 Å². The molecule has 1 unspecified atom stereocenters. The van der Waals surface area contributed by atoms with Gasteiger partial charge in [-0.15, -0.1) is 0 Å². The van der Waals surface area contributed by atoms with E-state index in [4.69, 9.17) is 5.11 Å². The van der Waals surface area contributed by atoms with Gasteiger partial charge in [0.25, 0.3) is 0 Å². The van der Waals surface area contributed by atoms with Crippen molar-refractivity contribution in [2.75, 3.05) is 0 Å². The zero-order chi connectivity index (χ0) is 4.57. The fourth-order valence-electron chi connectivity index (χ4n) is 0.378. The molecule has 1 N–H and O–H groups in total. The van der Waals surface area contributed by atoms with Gasteiger partial charge in [-0.05, 0) is 0 Å². The van der Waals surface area contributed by atoms with Gasteiger partial charge >= 0.3 is 0 Å². The molecule has 1 rings (SSSR count). The van der Waals surface area contributed by atoms with Gasteiger partial charge in [-0.1, -0.05) is 6.58 Å². The average Bonchev–Trinajstić information content (AvgIpc) is 1.33. The van der Waals surface area contributed by atoms with Crippen LogP contribution in [0.15, 0.2) is 12.3 Å². The summed E-state index contributed by atoms with van der Waals surface area (Å²) in [6.45, 7) is 3.43. The van der Waals surface area contributed by atoms with Crippen molar-refractivity contribution >= 4 is 0 Å². The predicted octanol–water partition coefficient (Wildman–Crippen LogP) is 0.239. The first-order chi connectivity index (χ1) is 2.79. The summed E-state index contributed by atoms with van der Waals surface area (Å²) in [6.07, 6.45) is 0.0532. The summed E-state index contributed by atoms with van der Waals surface area (Å²) in [5, 5.41) is 8.34. The molecule has 34 valence electrons. The van der Waals surface area contributed by atoms with Crippen LogP contribution in [0.4, 0.5) is 0 Å². The van der Waals surface area contributed by atoms with Gasteiger partial charge < -0.3 is 9.84 Å². The molecular formula is C4H6O2. The highest BCUT2D eigenvalue weighted by Crippen LogP contribution is 2.18. The highest BCUT2D eigenvalue weighted by atomic mass is 16.6. The van der Waals surface area contributed by atoms with Gasteiger partial charge in [0.05, 0.1) is 12.2 Å². The first kappa shape index (κ1) is 3.68. The maximum Gasteiger partial charge on any atom is 0.203 e. The zero-order valence-corrected chi connectivity index (χ0v) is 3.35. The molecular weight excluding hydrogens is 80.0 g/mol. The smallest absolute Gasteiger partial charge is 0.203 e. The lowest BCUT2D eigenvalue weighted by Crippen LogP contribution is -2.22. The number of ether oxygens (including phenoxy) is 1. The third-order valence-corrected chi connectivity index (χ3v) is 0.705. The Hall–Kier alpha value is -0.500. The molecule has 0 radical (unpaired) electrons. The second-order valence-electron chi connectivity index (χ2n) is 1.32. The minimum Gasteiger partial charge on any atom is -0.469 e. The molecule has 2 nitrogen and oxygen atoms in total. The van der Waals surface area contributed by atoms with Gasteiger partial charge in [0.2, 0.25) is 6.29 Å². The summed E-state index contributed by atoms with van der Waals surface area (Å²) in [5.74, 6) is 0.683. The average molecular weight is 86.1 g/mol. The van der Waals surface area contributed by atoms with Crippen LogP contribution in [0, 0.1) is 0 Å². The number of aliphatic hydroxyl groups is 1. The molecule has 1 fully saturated rings. The van der Waals surface area contributed by atoms with Crippen LogP contribution in [-0.2, 0) is 4.74 Å². The van der Waals surface area contributed by atoms with Crippen LogP contribution in [0.25, 0.3) is 0 Å². The second kappa shape index (κ2) is 0.980. The number of rotatable bonds is 0. The van der Waals surface area contributed by atoms with E-state index in [0.29, 0.717) is 12.2 Å². The number of hydrogen-bond acceptors (Lipinski definition) is 2. The third-order valence-electron chi connectivity index (χ3n) is 0.705. The molecule has 6 heavy (non-hydrogen) atoms. The molecule has 1 saturated heterocycles. The Morgan fingerprint density at radius 2 is 2.50 bits per heavy atom. The van der Waals surface area contributed by atoms with Crippen molar-refractivity contribution in [3.8, 4) is 0 Å². The van der Waals surface area contributed by atoms with E-state index >= 15 is 0 Å². The molecule has 0 aromatic heterocycles. The monoisotopic (exact) mass is 86.0 g/mol. The predicted molar refractivity (Wildman–Crippen MR) is 20.8 cm³/mol. The molecule has 0 amide bonds. The van der Waals surface area contributed by atoms with E-state index in [1.165, 1.54) is 0 Å². The molecule has 0 spiro atoms. The summed E-state index contributed by atoms with van der Waals surface area (Å²) >= 11 is 0. The fourth-order valence-corrected chi connectivity index (χ4v) is 0.378. The van der Waals surface area contributed by atoms with Crippen molar-refractivity contribution in [1.82, 2.24) is 0 Å². The SMILES string of the molecule is C=C1CC(O)O1. The summed E-state index contributed by atoms with van der Waals surface area (Å²) in [4.78, 5) is 0. The first-order valence-corrected chi connectivity index (χ1v) is 1.81. The van der Waals surface area contributed by atoms with E-state index in [1.807, 2.05) is 0 Å². The van der Waals surface area contributed by atoms with E-state index in [-0.39, 0.29) is 0 Å². The van der Waals surface area contributed by atoms with Crippen LogP contribution in [0.1, 0.15) is 6.42 Å². The van der Waals surface area contributed by atoms with Crippen LogP contribution < -0.4 is 0 Å². The standard InChI is InChI=1S/C4H6O2/c1-3-2-4(5)6-3/h4-5H,1-2H2. The Labute approximate surface area is 36.0 Å². The Kier molecular flexibility index (Phi) is 0.601. The van der Waals surface area contributed by atoms with E-state index < -0.39 is 6.29 Å². The Morgan fingerprint density at radius 1 is 2.00 bits per heavy atom. The van der Waals surface area contributed by atoms with E-state index in [1.54, 1.807) is 0 Å². The molecule has 1 aliphatic rings. The van der Waals surface area contributed by atoms with Crippen LogP contribution in [0.5, 0.6) is 0 Å². The number of hydrogen-bond donors (Lipinski definition) is 1. The van der Waals surface area contributed by atoms with Crippen molar-refractivity contribution in [2.45, 2.75) is 12.7 Å². The van der Waals surface area contributed by atoms with Gasteiger partial charge in [-0.25, -0.2) is 0 Å². The van der Waals surface area contributed by atoms with E-state index in [0.717, 1.165) is 0 Å². The van der Waals surface area contributed by atoms with Crippen molar-refractivity contribution in [3.63, 3.8) is 0 Å². The molecule has 1 aliphatic heterocycles. The minimum atomic E-state index is -0.558. The Bertz CT molecular complexity index is 69.6. The van der Waals surface area contributed by atoms with Crippen LogP contribution in [0.2, 0.25) is 0 Å². The summed E-state index contributed by atoms with van der Waals surface area (Å²) in [5.41, 5.74) is 0. The van der Waals surface area contributed by atoms with Gasteiger partial charge in [0, 0.05) is 0 Å². The van der Waals surface area contributed by atoms with Gasteiger partial charge in [-0.2, -0.15) is 0 Å². The molecule has 1 atom stereocenters. The maximum atomic E-state index is 8.34.